The van der Waals surface area contributed by atoms with Crippen LogP contribution in [-0.4, -0.2) is 26.8 Å². The number of benzene rings is 3. The highest BCUT2D eigenvalue weighted by molar-refractivity contribution is 7.89. The fraction of sp³-hybridized carbons (Fsp3) is 0.355. The van der Waals surface area contributed by atoms with E-state index in [1.54, 1.807) is 6.07 Å². The molecular weight excluding hydrogens is 526 g/mol. The van der Waals surface area contributed by atoms with Gasteiger partial charge in [0, 0.05) is 17.7 Å². The van der Waals surface area contributed by atoms with Gasteiger partial charge in [0.15, 0.2) is 0 Å². The zero-order valence-corrected chi connectivity index (χ0v) is 24.9. The van der Waals surface area contributed by atoms with E-state index in [1.165, 1.54) is 17.0 Å². The molecule has 0 radical (unpaired) electrons. The maximum atomic E-state index is 13.4. The first kappa shape index (κ1) is 30.8. The van der Waals surface area contributed by atoms with Gasteiger partial charge in [0.25, 0.3) is 0 Å². The lowest BCUT2D eigenvalue weighted by Crippen LogP contribution is -2.38. The molecule has 0 aliphatic heterocycles. The quantitative estimate of drug-likeness (QED) is 0.332. The van der Waals surface area contributed by atoms with Crippen LogP contribution >= 0.6 is 0 Å². The molecule has 0 saturated carbocycles. The normalized spacial score (nSPS) is 11.7. The molecule has 3 aromatic carbocycles. The van der Waals surface area contributed by atoms with Gasteiger partial charge in [-0.05, 0) is 60.6 Å². The molecule has 9 heteroatoms. The number of carbonyl (C=O) groups excluding carboxylic acids is 2. The molecule has 0 atom stereocenters. The number of nitrogens with two attached hydrogens (primary N) is 1. The number of anilines is 2. The van der Waals surface area contributed by atoms with Crippen LogP contribution in [0.5, 0.6) is 5.75 Å². The van der Waals surface area contributed by atoms with E-state index in [9.17, 15) is 18.0 Å². The molecule has 2 amide bonds. The van der Waals surface area contributed by atoms with Crippen LogP contribution in [0, 0.1) is 13.8 Å². The van der Waals surface area contributed by atoms with E-state index in [4.69, 9.17) is 9.88 Å². The van der Waals surface area contributed by atoms with Crippen molar-refractivity contribution in [3.8, 4) is 5.75 Å². The molecule has 3 N–H and O–H groups in total. The van der Waals surface area contributed by atoms with Crippen LogP contribution in [0.4, 0.5) is 11.4 Å². The molecule has 0 heterocycles. The molecule has 0 bridgehead atoms. The molecule has 0 aliphatic rings. The second-order valence-corrected chi connectivity index (χ2v) is 12.5. The fourth-order valence-electron chi connectivity index (χ4n) is 4.51. The first-order valence-corrected chi connectivity index (χ1v) is 14.8. The Bertz CT molecular complexity index is 1480. The SMILES string of the molecule is CCCC(=O)N(CC(=O)Nc1cc(S(N)(=O)=O)ccc1C(C)(C)C)c1ccc(C)c(OCc2ccccc2)c1C. The van der Waals surface area contributed by atoms with Crippen molar-refractivity contribution in [1.82, 2.24) is 0 Å². The molecule has 0 aliphatic carbocycles. The number of rotatable bonds is 10. The van der Waals surface area contributed by atoms with E-state index in [1.807, 2.05) is 84.0 Å². The van der Waals surface area contributed by atoms with Crippen LogP contribution < -0.4 is 20.1 Å². The van der Waals surface area contributed by atoms with Crippen molar-refractivity contribution < 1.29 is 22.7 Å². The maximum Gasteiger partial charge on any atom is 0.244 e. The van der Waals surface area contributed by atoms with E-state index in [0.29, 0.717) is 30.2 Å². The van der Waals surface area contributed by atoms with Gasteiger partial charge in [-0.25, -0.2) is 13.6 Å². The predicted octanol–water partition coefficient (Wildman–Crippen LogP) is 5.60. The Labute approximate surface area is 237 Å². The first-order chi connectivity index (χ1) is 18.7. The van der Waals surface area contributed by atoms with Crippen molar-refractivity contribution in [2.75, 3.05) is 16.8 Å². The minimum absolute atomic E-state index is 0.107. The lowest BCUT2D eigenvalue weighted by molar-refractivity contribution is -0.121. The summed E-state index contributed by atoms with van der Waals surface area (Å²) in [4.78, 5) is 28.0. The van der Waals surface area contributed by atoms with Crippen molar-refractivity contribution in [3.63, 3.8) is 0 Å². The minimum Gasteiger partial charge on any atom is -0.488 e. The zero-order chi connectivity index (χ0) is 29.7. The smallest absolute Gasteiger partial charge is 0.244 e. The number of hydrogen-bond donors (Lipinski definition) is 2. The molecule has 214 valence electrons. The Morgan fingerprint density at radius 1 is 1.00 bits per heavy atom. The third kappa shape index (κ3) is 7.70. The number of nitrogens with zero attached hydrogens (tertiary/aromatic N) is 1. The van der Waals surface area contributed by atoms with E-state index >= 15 is 0 Å². The Kier molecular flexibility index (Phi) is 9.76. The summed E-state index contributed by atoms with van der Waals surface area (Å²) in [6, 6.07) is 17.9. The number of primary sulfonamides is 1. The molecular formula is C31H39N3O5S. The third-order valence-electron chi connectivity index (χ3n) is 6.56. The summed E-state index contributed by atoms with van der Waals surface area (Å²) in [6.45, 7) is 11.7. The number of ether oxygens (including phenoxy) is 1. The first-order valence-electron chi connectivity index (χ1n) is 13.3. The molecule has 0 fully saturated rings. The average Bonchev–Trinajstić information content (AvgIpc) is 2.87. The van der Waals surface area contributed by atoms with Crippen molar-refractivity contribution in [1.29, 1.82) is 0 Å². The van der Waals surface area contributed by atoms with Gasteiger partial charge < -0.3 is 15.0 Å². The number of hydrogen-bond acceptors (Lipinski definition) is 5. The second kappa shape index (κ2) is 12.7. The average molecular weight is 566 g/mol. The van der Waals surface area contributed by atoms with E-state index in [-0.39, 0.29) is 23.8 Å². The third-order valence-corrected chi connectivity index (χ3v) is 7.47. The Balaban J connectivity index is 1.95. The lowest BCUT2D eigenvalue weighted by atomic mass is 9.86. The highest BCUT2D eigenvalue weighted by atomic mass is 32.2. The lowest BCUT2D eigenvalue weighted by Gasteiger charge is -2.27. The Hall–Kier alpha value is -3.69. The molecule has 0 saturated heterocycles. The van der Waals surface area contributed by atoms with Gasteiger partial charge in [-0.3, -0.25) is 9.59 Å². The molecule has 8 nitrogen and oxygen atoms in total. The molecule has 0 unspecified atom stereocenters. The van der Waals surface area contributed by atoms with Gasteiger partial charge in [-0.1, -0.05) is 70.2 Å². The number of sulfonamides is 1. The summed E-state index contributed by atoms with van der Waals surface area (Å²) < 4.78 is 30.2. The van der Waals surface area contributed by atoms with Gasteiger partial charge >= 0.3 is 0 Å². The molecule has 0 aromatic heterocycles. The van der Waals surface area contributed by atoms with Gasteiger partial charge in [0.2, 0.25) is 21.8 Å². The van der Waals surface area contributed by atoms with Crippen LogP contribution in [-0.2, 0) is 31.6 Å². The molecule has 3 rings (SSSR count). The van der Waals surface area contributed by atoms with Crippen LogP contribution in [0.15, 0.2) is 65.6 Å². The summed E-state index contributed by atoms with van der Waals surface area (Å²) in [6.07, 6.45) is 0.874. The number of nitrogens with one attached hydrogen (secondary N) is 1. The molecule has 40 heavy (non-hydrogen) atoms. The Morgan fingerprint density at radius 2 is 1.68 bits per heavy atom. The highest BCUT2D eigenvalue weighted by Gasteiger charge is 2.25. The number of aryl methyl sites for hydroxylation is 1. The molecule has 3 aromatic rings. The number of carbonyl (C=O) groups is 2. The monoisotopic (exact) mass is 565 g/mol. The zero-order valence-electron chi connectivity index (χ0n) is 24.1. The largest absolute Gasteiger partial charge is 0.488 e. The van der Waals surface area contributed by atoms with Gasteiger partial charge in [0.1, 0.15) is 18.9 Å². The van der Waals surface area contributed by atoms with Gasteiger partial charge in [0.05, 0.1) is 10.6 Å². The summed E-state index contributed by atoms with van der Waals surface area (Å²) in [5, 5.41) is 8.18. The topological polar surface area (TPSA) is 119 Å². The van der Waals surface area contributed by atoms with E-state index in [2.05, 4.69) is 5.32 Å². The van der Waals surface area contributed by atoms with Crippen LogP contribution in [0.25, 0.3) is 0 Å². The van der Waals surface area contributed by atoms with Crippen molar-refractivity contribution >= 4 is 33.2 Å². The fourth-order valence-corrected chi connectivity index (χ4v) is 5.05. The predicted molar refractivity (Wildman–Crippen MR) is 159 cm³/mol. The van der Waals surface area contributed by atoms with E-state index in [0.717, 1.165) is 22.3 Å². The maximum absolute atomic E-state index is 13.4. The summed E-state index contributed by atoms with van der Waals surface area (Å²) in [7, 11) is -3.98. The summed E-state index contributed by atoms with van der Waals surface area (Å²) in [5.41, 5.74) is 3.94. The standard InChI is InChI=1S/C31H39N3O5S/c1-7-11-29(36)34(27-17-14-21(2)30(22(27)3)39-20-23-12-9-8-10-13-23)19-28(35)33-26-18-24(40(32,37)38)15-16-25(26)31(4,5)6/h8-10,12-18H,7,11,19-20H2,1-6H3,(H,33,35)(H2,32,37,38). The van der Waals surface area contributed by atoms with Crippen molar-refractivity contribution in [2.45, 2.75) is 71.3 Å². The number of amides is 2. The second-order valence-electron chi connectivity index (χ2n) is 10.9. The van der Waals surface area contributed by atoms with Crippen LogP contribution in [0.2, 0.25) is 0 Å². The Morgan fingerprint density at radius 3 is 2.27 bits per heavy atom. The molecule has 0 spiro atoms. The van der Waals surface area contributed by atoms with Crippen LogP contribution in [0.1, 0.15) is 62.8 Å². The summed E-state index contributed by atoms with van der Waals surface area (Å²) in [5.74, 6) is -0.00636. The van der Waals surface area contributed by atoms with E-state index < -0.39 is 21.3 Å². The van der Waals surface area contributed by atoms with Crippen LogP contribution in [0.3, 0.4) is 0 Å². The van der Waals surface area contributed by atoms with Crippen molar-refractivity contribution in [3.05, 3.63) is 82.9 Å². The van der Waals surface area contributed by atoms with Gasteiger partial charge in [-0.15, -0.1) is 0 Å². The highest BCUT2D eigenvalue weighted by Crippen LogP contribution is 2.34. The van der Waals surface area contributed by atoms with Gasteiger partial charge in [-0.2, -0.15) is 0 Å². The minimum atomic E-state index is -3.98. The summed E-state index contributed by atoms with van der Waals surface area (Å²) >= 11 is 0. The van der Waals surface area contributed by atoms with Crippen molar-refractivity contribution in [2.24, 2.45) is 5.14 Å².